The molecule has 4 rings (SSSR count). The van der Waals surface area contributed by atoms with Crippen LogP contribution < -0.4 is 11.1 Å². The van der Waals surface area contributed by atoms with E-state index in [1.54, 1.807) is 0 Å². The summed E-state index contributed by atoms with van der Waals surface area (Å²) in [5.41, 5.74) is 14.1. The first kappa shape index (κ1) is 19.3. The average molecular weight is 386 g/mol. The van der Waals surface area contributed by atoms with Gasteiger partial charge in [-0.15, -0.1) is 0 Å². The monoisotopic (exact) mass is 386 g/mol. The highest BCUT2D eigenvalue weighted by molar-refractivity contribution is 5.95. The minimum Gasteiger partial charge on any atom is -0.348 e. The molecular formula is C24H26N4O. The second-order valence-corrected chi connectivity index (χ2v) is 7.88. The van der Waals surface area contributed by atoms with E-state index < -0.39 is 0 Å². The molecule has 0 atom stereocenters. The summed E-state index contributed by atoms with van der Waals surface area (Å²) in [4.78, 5) is 12.9. The molecule has 1 aliphatic rings. The zero-order chi connectivity index (χ0) is 20.4. The molecule has 3 aromatic rings. The molecule has 5 nitrogen and oxygen atoms in total. The highest BCUT2D eigenvalue weighted by Gasteiger charge is 2.27. The van der Waals surface area contributed by atoms with Crippen molar-refractivity contribution >= 4 is 5.91 Å². The Hall–Kier alpha value is -3.05. The van der Waals surface area contributed by atoms with E-state index in [0.29, 0.717) is 24.6 Å². The van der Waals surface area contributed by atoms with Gasteiger partial charge in [-0.05, 0) is 72.6 Å². The third kappa shape index (κ3) is 4.35. The van der Waals surface area contributed by atoms with Crippen molar-refractivity contribution in [3.8, 4) is 11.1 Å². The molecule has 1 aliphatic carbocycles. The molecule has 0 spiro atoms. The van der Waals surface area contributed by atoms with Crippen LogP contribution in [0.5, 0.6) is 0 Å². The first-order valence-electron chi connectivity index (χ1n) is 10.0. The molecule has 2 aromatic carbocycles. The van der Waals surface area contributed by atoms with Gasteiger partial charge < -0.3 is 11.1 Å². The summed E-state index contributed by atoms with van der Waals surface area (Å²) in [6, 6.07) is 12.1. The maximum atomic E-state index is 12.9. The third-order valence-electron chi connectivity index (χ3n) is 5.45. The van der Waals surface area contributed by atoms with Gasteiger partial charge in [0.15, 0.2) is 0 Å². The fraction of sp³-hybridized carbons (Fsp3) is 0.292. The standard InChI is InChI=1S/C24H26N4O/c1-15-3-4-18(11-25)21(7-15)12-26-24(29)20-9-16(2)8-19(10-20)23-14-28-27-13-22(23)17-5-6-17/h3-4,7-10,13-14,17H,5-6,11-12,25H2,1-2H3,(H,26,29). The summed E-state index contributed by atoms with van der Waals surface area (Å²) in [6.45, 7) is 4.97. The number of carbonyl (C=O) groups is 1. The quantitative estimate of drug-likeness (QED) is 0.670. The van der Waals surface area contributed by atoms with E-state index in [-0.39, 0.29) is 5.91 Å². The zero-order valence-corrected chi connectivity index (χ0v) is 16.9. The molecule has 0 bridgehead atoms. The molecule has 5 heteroatoms. The van der Waals surface area contributed by atoms with Crippen LogP contribution in [0.3, 0.4) is 0 Å². The molecule has 148 valence electrons. The van der Waals surface area contributed by atoms with Crippen molar-refractivity contribution in [1.82, 2.24) is 15.5 Å². The molecule has 0 aliphatic heterocycles. The van der Waals surface area contributed by atoms with Crippen LogP contribution in [0.1, 0.15) is 56.9 Å². The van der Waals surface area contributed by atoms with Gasteiger partial charge in [0.2, 0.25) is 0 Å². The Morgan fingerprint density at radius 3 is 2.59 bits per heavy atom. The summed E-state index contributed by atoms with van der Waals surface area (Å²) in [6.07, 6.45) is 6.06. The maximum Gasteiger partial charge on any atom is 0.251 e. The second kappa shape index (κ2) is 8.13. The van der Waals surface area contributed by atoms with E-state index in [9.17, 15) is 4.79 Å². The summed E-state index contributed by atoms with van der Waals surface area (Å²) in [7, 11) is 0. The van der Waals surface area contributed by atoms with Crippen molar-refractivity contribution in [2.24, 2.45) is 5.73 Å². The topological polar surface area (TPSA) is 80.9 Å². The molecule has 1 saturated carbocycles. The lowest BCUT2D eigenvalue weighted by Crippen LogP contribution is -2.24. The van der Waals surface area contributed by atoms with Crippen LogP contribution in [0.2, 0.25) is 0 Å². The molecule has 1 heterocycles. The highest BCUT2D eigenvalue weighted by Crippen LogP contribution is 2.43. The normalized spacial score (nSPS) is 13.3. The lowest BCUT2D eigenvalue weighted by molar-refractivity contribution is 0.0950. The Labute approximate surface area is 171 Å². The summed E-state index contributed by atoms with van der Waals surface area (Å²) < 4.78 is 0. The van der Waals surface area contributed by atoms with Crippen LogP contribution in [-0.2, 0) is 13.1 Å². The lowest BCUT2D eigenvalue weighted by atomic mass is 9.96. The minimum absolute atomic E-state index is 0.0885. The Morgan fingerprint density at radius 2 is 1.83 bits per heavy atom. The zero-order valence-electron chi connectivity index (χ0n) is 16.9. The fourth-order valence-electron chi connectivity index (χ4n) is 3.76. The highest BCUT2D eigenvalue weighted by atomic mass is 16.1. The van der Waals surface area contributed by atoms with Crippen LogP contribution in [-0.4, -0.2) is 16.1 Å². The van der Waals surface area contributed by atoms with Crippen LogP contribution in [0, 0.1) is 13.8 Å². The summed E-state index contributed by atoms with van der Waals surface area (Å²) >= 11 is 0. The predicted molar refractivity (Wildman–Crippen MR) is 114 cm³/mol. The first-order chi connectivity index (χ1) is 14.0. The predicted octanol–water partition coefficient (Wildman–Crippen LogP) is 4.03. The lowest BCUT2D eigenvalue weighted by Gasteiger charge is -2.13. The van der Waals surface area contributed by atoms with Crippen molar-refractivity contribution in [3.05, 3.63) is 82.2 Å². The molecule has 0 radical (unpaired) electrons. The van der Waals surface area contributed by atoms with E-state index in [2.05, 4.69) is 27.6 Å². The number of nitrogens with zero attached hydrogens (tertiary/aromatic N) is 2. The molecule has 1 amide bonds. The van der Waals surface area contributed by atoms with Gasteiger partial charge in [-0.25, -0.2) is 0 Å². The molecule has 29 heavy (non-hydrogen) atoms. The molecule has 3 N–H and O–H groups in total. The van der Waals surface area contributed by atoms with E-state index in [1.165, 1.54) is 18.4 Å². The summed E-state index contributed by atoms with van der Waals surface area (Å²) in [5, 5.41) is 11.2. The number of amides is 1. The van der Waals surface area contributed by atoms with Gasteiger partial charge in [0, 0.05) is 24.2 Å². The maximum absolute atomic E-state index is 12.9. The number of aromatic nitrogens is 2. The first-order valence-corrected chi connectivity index (χ1v) is 10.0. The van der Waals surface area contributed by atoms with Gasteiger partial charge in [-0.1, -0.05) is 29.8 Å². The van der Waals surface area contributed by atoms with Crippen LogP contribution >= 0.6 is 0 Å². The van der Waals surface area contributed by atoms with Crippen molar-refractivity contribution in [1.29, 1.82) is 0 Å². The van der Waals surface area contributed by atoms with Gasteiger partial charge in [0.1, 0.15) is 0 Å². The van der Waals surface area contributed by atoms with Gasteiger partial charge >= 0.3 is 0 Å². The molecular weight excluding hydrogens is 360 g/mol. The number of rotatable bonds is 6. The SMILES string of the molecule is Cc1cc(C(=O)NCc2cc(C)ccc2CN)cc(-c2cnncc2C2CC2)c1. The average Bonchev–Trinajstić information content (AvgIpc) is 3.57. The fourth-order valence-corrected chi connectivity index (χ4v) is 3.76. The van der Waals surface area contributed by atoms with Gasteiger partial charge in [0.05, 0.1) is 12.4 Å². The molecule has 1 fully saturated rings. The Balaban J connectivity index is 1.58. The number of carbonyl (C=O) groups excluding carboxylic acids is 1. The van der Waals surface area contributed by atoms with Gasteiger partial charge in [-0.2, -0.15) is 10.2 Å². The van der Waals surface area contributed by atoms with Crippen molar-refractivity contribution in [2.75, 3.05) is 0 Å². The Bertz CT molecular complexity index is 1060. The van der Waals surface area contributed by atoms with E-state index >= 15 is 0 Å². The smallest absolute Gasteiger partial charge is 0.251 e. The number of hydrogen-bond donors (Lipinski definition) is 2. The van der Waals surface area contributed by atoms with Crippen LogP contribution in [0.25, 0.3) is 11.1 Å². The van der Waals surface area contributed by atoms with Crippen molar-refractivity contribution in [2.45, 2.75) is 45.7 Å². The number of nitrogens with one attached hydrogen (secondary N) is 1. The molecule has 0 unspecified atom stereocenters. The van der Waals surface area contributed by atoms with E-state index in [1.807, 2.05) is 50.5 Å². The number of aryl methyl sites for hydroxylation is 2. The van der Waals surface area contributed by atoms with Crippen LogP contribution in [0.15, 0.2) is 48.8 Å². The van der Waals surface area contributed by atoms with E-state index in [4.69, 9.17) is 5.73 Å². The molecule has 0 saturated heterocycles. The Kier molecular flexibility index (Phi) is 5.41. The van der Waals surface area contributed by atoms with Crippen LogP contribution in [0.4, 0.5) is 0 Å². The number of hydrogen-bond acceptors (Lipinski definition) is 4. The summed E-state index contributed by atoms with van der Waals surface area (Å²) in [5.74, 6) is 0.476. The van der Waals surface area contributed by atoms with Crippen molar-refractivity contribution < 1.29 is 4.79 Å². The number of benzene rings is 2. The largest absolute Gasteiger partial charge is 0.348 e. The minimum atomic E-state index is -0.0885. The Morgan fingerprint density at radius 1 is 1.03 bits per heavy atom. The number of nitrogens with two attached hydrogens (primary N) is 1. The van der Waals surface area contributed by atoms with Crippen molar-refractivity contribution in [3.63, 3.8) is 0 Å². The second-order valence-electron chi connectivity index (χ2n) is 7.88. The third-order valence-corrected chi connectivity index (χ3v) is 5.45. The van der Waals surface area contributed by atoms with Gasteiger partial charge in [-0.3, -0.25) is 4.79 Å². The van der Waals surface area contributed by atoms with E-state index in [0.717, 1.165) is 33.4 Å². The van der Waals surface area contributed by atoms with Gasteiger partial charge in [0.25, 0.3) is 5.91 Å². The molecule has 1 aromatic heterocycles.